The van der Waals surface area contributed by atoms with Crippen molar-refractivity contribution in [3.63, 3.8) is 0 Å². The number of piperidine rings is 1. The summed E-state index contributed by atoms with van der Waals surface area (Å²) in [7, 11) is 0. The molecule has 4 atom stereocenters. The second-order valence-electron chi connectivity index (χ2n) is 7.85. The van der Waals surface area contributed by atoms with Crippen LogP contribution >= 0.6 is 12.4 Å². The molecule has 0 radical (unpaired) electrons. The van der Waals surface area contributed by atoms with E-state index in [0.29, 0.717) is 19.0 Å². The fourth-order valence-corrected chi connectivity index (χ4v) is 4.01. The van der Waals surface area contributed by atoms with E-state index in [4.69, 9.17) is 0 Å². The monoisotopic (exact) mass is 393 g/mol. The normalized spacial score (nSPS) is 25.7. The van der Waals surface area contributed by atoms with Crippen molar-refractivity contribution in [1.82, 2.24) is 15.5 Å². The van der Waals surface area contributed by atoms with Gasteiger partial charge in [-0.2, -0.15) is 0 Å². The molecule has 1 aromatic carbocycles. The Labute approximate surface area is 168 Å². The van der Waals surface area contributed by atoms with E-state index in [0.717, 1.165) is 31.4 Å². The first-order valence-electron chi connectivity index (χ1n) is 9.90. The average Bonchev–Trinajstić information content (AvgIpc) is 2.65. The molecule has 2 amide bonds. The zero-order valence-electron chi connectivity index (χ0n) is 16.5. The number of carbonyl (C=O) groups is 2. The van der Waals surface area contributed by atoms with Gasteiger partial charge in [0, 0.05) is 31.0 Å². The largest absolute Gasteiger partial charge is 0.351 e. The van der Waals surface area contributed by atoms with Crippen LogP contribution < -0.4 is 10.6 Å². The van der Waals surface area contributed by atoms with E-state index in [1.54, 1.807) is 4.90 Å². The number of amides is 2. The second kappa shape index (κ2) is 9.56. The van der Waals surface area contributed by atoms with Crippen LogP contribution in [0.1, 0.15) is 51.2 Å². The van der Waals surface area contributed by atoms with Crippen molar-refractivity contribution in [2.75, 3.05) is 6.54 Å². The number of fused-ring (bicyclic) bond motifs is 1. The third-order valence-electron chi connectivity index (χ3n) is 5.84. The van der Waals surface area contributed by atoms with Gasteiger partial charge in [0.25, 0.3) is 0 Å². The molecule has 4 unspecified atom stereocenters. The molecule has 2 heterocycles. The summed E-state index contributed by atoms with van der Waals surface area (Å²) >= 11 is 0. The van der Waals surface area contributed by atoms with Crippen molar-refractivity contribution >= 4 is 24.2 Å². The summed E-state index contributed by atoms with van der Waals surface area (Å²) in [6.07, 6.45) is 3.27. The van der Waals surface area contributed by atoms with E-state index >= 15 is 0 Å². The van der Waals surface area contributed by atoms with Crippen LogP contribution in [-0.4, -0.2) is 41.4 Å². The number of rotatable bonds is 4. The fraction of sp³-hybridized carbons (Fsp3) is 0.619. The molecule has 0 saturated carbocycles. The van der Waals surface area contributed by atoms with Gasteiger partial charge in [-0.1, -0.05) is 38.1 Å². The highest BCUT2D eigenvalue weighted by molar-refractivity contribution is 5.89. The molecular weight excluding hydrogens is 362 g/mol. The average molecular weight is 394 g/mol. The van der Waals surface area contributed by atoms with Crippen LogP contribution in [0.25, 0.3) is 0 Å². The van der Waals surface area contributed by atoms with Crippen LogP contribution in [-0.2, 0) is 22.6 Å². The van der Waals surface area contributed by atoms with E-state index in [1.807, 2.05) is 26.0 Å². The first kappa shape index (κ1) is 21.7. The number of hydrogen-bond donors (Lipinski definition) is 2. The van der Waals surface area contributed by atoms with E-state index in [9.17, 15) is 9.59 Å². The molecule has 2 aliphatic heterocycles. The maximum absolute atomic E-state index is 13.1. The van der Waals surface area contributed by atoms with Crippen molar-refractivity contribution in [2.24, 2.45) is 5.92 Å². The summed E-state index contributed by atoms with van der Waals surface area (Å²) in [5, 5.41) is 6.63. The minimum Gasteiger partial charge on any atom is -0.351 e. The second-order valence-corrected chi connectivity index (χ2v) is 7.85. The lowest BCUT2D eigenvalue weighted by Crippen LogP contribution is -2.56. The van der Waals surface area contributed by atoms with Crippen LogP contribution in [0, 0.1) is 5.92 Å². The Kier molecular flexibility index (Phi) is 7.68. The molecule has 3 rings (SSSR count). The standard InChI is InChI=1S/C21H31N3O2.ClH/c1-4-14(2)21(26)24-13-17-8-6-5-7-16(17)12-19(24)20(25)23-18-9-10-22-15(3)11-18;/h5-8,14-15,18-19,22H,4,9-13H2,1-3H3,(H,23,25);1H. The Morgan fingerprint density at radius 1 is 1.30 bits per heavy atom. The minimum absolute atomic E-state index is 0. The lowest BCUT2D eigenvalue weighted by molar-refractivity contribution is -0.145. The van der Waals surface area contributed by atoms with Crippen molar-refractivity contribution in [3.8, 4) is 0 Å². The molecule has 1 aromatic rings. The maximum atomic E-state index is 13.1. The van der Waals surface area contributed by atoms with Gasteiger partial charge in [0.1, 0.15) is 6.04 Å². The van der Waals surface area contributed by atoms with E-state index in [-0.39, 0.29) is 36.2 Å². The van der Waals surface area contributed by atoms with Gasteiger partial charge in [0.05, 0.1) is 0 Å². The first-order chi connectivity index (χ1) is 12.5. The number of benzene rings is 1. The summed E-state index contributed by atoms with van der Waals surface area (Å²) in [6.45, 7) is 7.57. The van der Waals surface area contributed by atoms with Crippen molar-refractivity contribution in [1.29, 1.82) is 0 Å². The summed E-state index contributed by atoms with van der Waals surface area (Å²) < 4.78 is 0. The highest BCUT2D eigenvalue weighted by Gasteiger charge is 2.36. The van der Waals surface area contributed by atoms with Gasteiger partial charge in [-0.25, -0.2) is 0 Å². The Morgan fingerprint density at radius 3 is 2.67 bits per heavy atom. The molecule has 5 nitrogen and oxygen atoms in total. The Morgan fingerprint density at radius 2 is 2.00 bits per heavy atom. The lowest BCUT2D eigenvalue weighted by atomic mass is 9.91. The van der Waals surface area contributed by atoms with Crippen molar-refractivity contribution in [3.05, 3.63) is 35.4 Å². The number of hydrogen-bond acceptors (Lipinski definition) is 3. The summed E-state index contributed by atoms with van der Waals surface area (Å²) in [5.74, 6) is 0.0190. The molecule has 27 heavy (non-hydrogen) atoms. The van der Waals surface area contributed by atoms with E-state index < -0.39 is 6.04 Å². The van der Waals surface area contributed by atoms with Crippen LogP contribution in [0.4, 0.5) is 0 Å². The zero-order valence-corrected chi connectivity index (χ0v) is 17.3. The third kappa shape index (κ3) is 5.02. The smallest absolute Gasteiger partial charge is 0.243 e. The maximum Gasteiger partial charge on any atom is 0.243 e. The van der Waals surface area contributed by atoms with Gasteiger partial charge in [-0.15, -0.1) is 12.4 Å². The number of nitrogens with one attached hydrogen (secondary N) is 2. The summed E-state index contributed by atoms with van der Waals surface area (Å²) in [6, 6.07) is 8.35. The summed E-state index contributed by atoms with van der Waals surface area (Å²) in [5.41, 5.74) is 2.34. The minimum atomic E-state index is -0.406. The third-order valence-corrected chi connectivity index (χ3v) is 5.84. The fourth-order valence-electron chi connectivity index (χ4n) is 4.01. The van der Waals surface area contributed by atoms with E-state index in [2.05, 4.69) is 29.7 Å². The SMILES string of the molecule is CCC(C)C(=O)N1Cc2ccccc2CC1C(=O)NC1CCNC(C)C1.Cl. The van der Waals surface area contributed by atoms with Crippen LogP contribution in [0.3, 0.4) is 0 Å². The van der Waals surface area contributed by atoms with Gasteiger partial charge in [-0.05, 0) is 43.9 Å². The van der Waals surface area contributed by atoms with Gasteiger partial charge < -0.3 is 15.5 Å². The molecular formula is C21H32ClN3O2. The Hall–Kier alpha value is -1.59. The molecule has 0 bridgehead atoms. The van der Waals surface area contributed by atoms with Gasteiger partial charge in [0.15, 0.2) is 0 Å². The van der Waals surface area contributed by atoms with Gasteiger partial charge >= 0.3 is 0 Å². The highest BCUT2D eigenvalue weighted by atomic mass is 35.5. The quantitative estimate of drug-likeness (QED) is 0.826. The Bertz CT molecular complexity index is 667. The number of nitrogens with zero attached hydrogens (tertiary/aromatic N) is 1. The molecule has 6 heteroatoms. The molecule has 2 aliphatic rings. The van der Waals surface area contributed by atoms with Crippen LogP contribution in [0.5, 0.6) is 0 Å². The lowest BCUT2D eigenvalue weighted by Gasteiger charge is -2.38. The number of halogens is 1. The molecule has 2 N–H and O–H groups in total. The molecule has 0 spiro atoms. The number of carbonyl (C=O) groups excluding carboxylic acids is 2. The molecule has 1 fully saturated rings. The predicted molar refractivity (Wildman–Crippen MR) is 110 cm³/mol. The zero-order chi connectivity index (χ0) is 18.7. The van der Waals surface area contributed by atoms with Crippen molar-refractivity contribution < 1.29 is 9.59 Å². The molecule has 1 saturated heterocycles. The van der Waals surface area contributed by atoms with Crippen LogP contribution in [0.15, 0.2) is 24.3 Å². The van der Waals surface area contributed by atoms with Gasteiger partial charge in [-0.3, -0.25) is 9.59 Å². The van der Waals surface area contributed by atoms with Gasteiger partial charge in [0.2, 0.25) is 11.8 Å². The molecule has 150 valence electrons. The van der Waals surface area contributed by atoms with Crippen molar-refractivity contribution in [2.45, 2.75) is 71.1 Å². The molecule has 0 aromatic heterocycles. The Balaban J connectivity index is 0.00000261. The van der Waals surface area contributed by atoms with Crippen LogP contribution in [0.2, 0.25) is 0 Å². The first-order valence-corrected chi connectivity index (χ1v) is 9.90. The molecule has 0 aliphatic carbocycles. The summed E-state index contributed by atoms with van der Waals surface area (Å²) in [4.78, 5) is 27.8. The highest BCUT2D eigenvalue weighted by Crippen LogP contribution is 2.26. The van der Waals surface area contributed by atoms with E-state index in [1.165, 1.54) is 5.56 Å². The predicted octanol–water partition coefficient (Wildman–Crippen LogP) is 2.66. The topological polar surface area (TPSA) is 61.4 Å².